The Morgan fingerprint density at radius 2 is 2.05 bits per heavy atom. The van der Waals surface area contributed by atoms with Gasteiger partial charge < -0.3 is 15.4 Å². The monoisotopic (exact) mass is 358 g/mol. The number of rotatable bonds is 5. The fourth-order valence-electron chi connectivity index (χ4n) is 2.52. The van der Waals surface area contributed by atoms with Crippen LogP contribution in [0.25, 0.3) is 10.9 Å². The average Bonchev–Trinajstić information content (AvgIpc) is 2.92. The van der Waals surface area contributed by atoms with Crippen LogP contribution in [0.3, 0.4) is 0 Å². The van der Waals surface area contributed by atoms with Crippen molar-refractivity contribution in [2.24, 2.45) is 0 Å². The van der Waals surface area contributed by atoms with Crippen molar-refractivity contribution in [1.29, 1.82) is 0 Å². The summed E-state index contributed by atoms with van der Waals surface area (Å²) in [5.74, 6) is -0.934. The molecule has 2 aromatic carbocycles. The van der Waals surface area contributed by atoms with Gasteiger partial charge in [0.25, 0.3) is 0 Å². The largest absolute Gasteiger partial charge is 0.478 e. The maximum absolute atomic E-state index is 11.3. The smallest absolute Gasteiger partial charge is 0.337 e. The summed E-state index contributed by atoms with van der Waals surface area (Å²) in [5.41, 5.74) is 3.24. The minimum absolute atomic E-state index is 0.272. The van der Waals surface area contributed by atoms with Gasteiger partial charge in [-0.05, 0) is 36.2 Å². The van der Waals surface area contributed by atoms with Crippen LogP contribution in [0.15, 0.2) is 53.1 Å². The third kappa shape index (κ3) is 2.99. The second-order valence-electron chi connectivity index (χ2n) is 5.03. The van der Waals surface area contributed by atoms with E-state index in [9.17, 15) is 9.90 Å². The van der Waals surface area contributed by atoms with Crippen LogP contribution in [0, 0.1) is 0 Å². The standard InChI is InChI=1S/C17H15BrN2O2/c18-12-5-6-16(14(9-12)17(21)22)19-8-7-11-10-20-15-4-2-1-3-13(11)15/h1-6,9-10,19-20H,7-8H2,(H,21,22). The van der Waals surface area contributed by atoms with Gasteiger partial charge in [0.05, 0.1) is 5.56 Å². The van der Waals surface area contributed by atoms with Gasteiger partial charge in [0.2, 0.25) is 0 Å². The molecule has 1 aromatic heterocycles. The molecule has 0 aliphatic heterocycles. The number of aromatic nitrogens is 1. The molecule has 0 atom stereocenters. The third-order valence-corrected chi connectivity index (χ3v) is 4.09. The van der Waals surface area contributed by atoms with Crippen LogP contribution in [0.5, 0.6) is 0 Å². The number of aromatic carboxylic acids is 1. The molecule has 0 saturated heterocycles. The fraction of sp³-hybridized carbons (Fsp3) is 0.118. The van der Waals surface area contributed by atoms with E-state index in [1.165, 1.54) is 10.9 Å². The predicted molar refractivity (Wildman–Crippen MR) is 91.6 cm³/mol. The van der Waals surface area contributed by atoms with Gasteiger partial charge in [0.1, 0.15) is 0 Å². The Hall–Kier alpha value is -2.27. The number of fused-ring (bicyclic) bond motifs is 1. The van der Waals surface area contributed by atoms with Gasteiger partial charge in [0.15, 0.2) is 0 Å². The number of halogens is 1. The van der Waals surface area contributed by atoms with Crippen LogP contribution >= 0.6 is 15.9 Å². The van der Waals surface area contributed by atoms with E-state index in [-0.39, 0.29) is 5.56 Å². The average molecular weight is 359 g/mol. The van der Waals surface area contributed by atoms with E-state index in [2.05, 4.69) is 32.3 Å². The van der Waals surface area contributed by atoms with E-state index in [1.54, 1.807) is 12.1 Å². The molecule has 3 aromatic rings. The molecule has 0 spiro atoms. The van der Waals surface area contributed by atoms with Crippen LogP contribution in [-0.4, -0.2) is 22.6 Å². The summed E-state index contributed by atoms with van der Waals surface area (Å²) >= 11 is 3.30. The number of nitrogens with one attached hydrogen (secondary N) is 2. The van der Waals surface area contributed by atoms with E-state index >= 15 is 0 Å². The summed E-state index contributed by atoms with van der Waals surface area (Å²) in [5, 5.41) is 13.7. The van der Waals surface area contributed by atoms with Crippen molar-refractivity contribution in [3.63, 3.8) is 0 Å². The van der Waals surface area contributed by atoms with Crippen LogP contribution in [0.2, 0.25) is 0 Å². The van der Waals surface area contributed by atoms with E-state index in [0.717, 1.165) is 16.4 Å². The zero-order valence-corrected chi connectivity index (χ0v) is 13.4. The number of para-hydroxylation sites is 1. The molecule has 0 amide bonds. The minimum atomic E-state index is -0.934. The normalized spacial score (nSPS) is 10.8. The fourth-order valence-corrected chi connectivity index (χ4v) is 2.88. The molecule has 0 radical (unpaired) electrons. The maximum atomic E-state index is 11.3. The van der Waals surface area contributed by atoms with Gasteiger partial charge in [-0.2, -0.15) is 0 Å². The second-order valence-corrected chi connectivity index (χ2v) is 5.95. The minimum Gasteiger partial charge on any atom is -0.478 e. The van der Waals surface area contributed by atoms with Crippen molar-refractivity contribution in [2.75, 3.05) is 11.9 Å². The molecule has 3 N–H and O–H groups in total. The van der Waals surface area contributed by atoms with Crippen molar-refractivity contribution in [3.8, 4) is 0 Å². The highest BCUT2D eigenvalue weighted by atomic mass is 79.9. The Morgan fingerprint density at radius 1 is 1.23 bits per heavy atom. The number of carboxylic acids is 1. The Bertz CT molecular complexity index is 826. The molecular formula is C17H15BrN2O2. The van der Waals surface area contributed by atoms with Gasteiger partial charge in [-0.15, -0.1) is 0 Å². The number of hydrogen-bond donors (Lipinski definition) is 3. The number of aromatic amines is 1. The van der Waals surface area contributed by atoms with Crippen LogP contribution in [0.4, 0.5) is 5.69 Å². The number of H-pyrrole nitrogens is 1. The maximum Gasteiger partial charge on any atom is 0.337 e. The van der Waals surface area contributed by atoms with Gasteiger partial charge >= 0.3 is 5.97 Å². The molecule has 5 heteroatoms. The Kier molecular flexibility index (Phi) is 4.15. The van der Waals surface area contributed by atoms with Crippen molar-refractivity contribution < 1.29 is 9.90 Å². The van der Waals surface area contributed by atoms with Gasteiger partial charge in [0, 0.05) is 33.8 Å². The van der Waals surface area contributed by atoms with E-state index in [4.69, 9.17) is 0 Å². The van der Waals surface area contributed by atoms with Crippen molar-refractivity contribution in [1.82, 2.24) is 4.98 Å². The molecule has 0 bridgehead atoms. The first kappa shape index (κ1) is 14.7. The molecule has 4 nitrogen and oxygen atoms in total. The summed E-state index contributed by atoms with van der Waals surface area (Å²) in [6.07, 6.45) is 2.82. The topological polar surface area (TPSA) is 65.1 Å². The van der Waals surface area contributed by atoms with Crippen molar-refractivity contribution in [3.05, 3.63) is 64.3 Å². The van der Waals surface area contributed by atoms with E-state index < -0.39 is 5.97 Å². The van der Waals surface area contributed by atoms with E-state index in [0.29, 0.717) is 12.2 Å². The summed E-state index contributed by atoms with van der Waals surface area (Å²) in [6.45, 7) is 0.670. The van der Waals surface area contributed by atoms with Crippen LogP contribution in [-0.2, 0) is 6.42 Å². The molecule has 112 valence electrons. The highest BCUT2D eigenvalue weighted by molar-refractivity contribution is 9.10. The number of benzene rings is 2. The molecule has 0 saturated carbocycles. The van der Waals surface area contributed by atoms with Crippen LogP contribution < -0.4 is 5.32 Å². The summed E-state index contributed by atoms with van der Waals surface area (Å²) in [4.78, 5) is 14.5. The molecule has 0 aliphatic carbocycles. The number of carbonyl (C=O) groups is 1. The number of hydrogen-bond acceptors (Lipinski definition) is 2. The first-order valence-electron chi connectivity index (χ1n) is 6.97. The van der Waals surface area contributed by atoms with Gasteiger partial charge in [-0.3, -0.25) is 0 Å². The molecule has 22 heavy (non-hydrogen) atoms. The molecule has 0 fully saturated rings. The van der Waals surface area contributed by atoms with E-state index in [1.807, 2.05) is 30.5 Å². The van der Waals surface area contributed by atoms with Gasteiger partial charge in [-0.25, -0.2) is 4.79 Å². The van der Waals surface area contributed by atoms with Crippen LogP contribution in [0.1, 0.15) is 15.9 Å². The highest BCUT2D eigenvalue weighted by Crippen LogP contribution is 2.22. The Labute approximate surface area is 136 Å². The molecule has 3 rings (SSSR count). The second kappa shape index (κ2) is 6.23. The highest BCUT2D eigenvalue weighted by Gasteiger charge is 2.10. The quantitative estimate of drug-likeness (QED) is 0.637. The number of anilines is 1. The molecule has 0 aliphatic rings. The third-order valence-electron chi connectivity index (χ3n) is 3.60. The Morgan fingerprint density at radius 3 is 2.86 bits per heavy atom. The lowest BCUT2D eigenvalue weighted by Gasteiger charge is -2.09. The van der Waals surface area contributed by atoms with Gasteiger partial charge in [-0.1, -0.05) is 34.1 Å². The number of carboxylic acid groups (broad SMARTS) is 1. The lowest BCUT2D eigenvalue weighted by atomic mass is 10.1. The lowest BCUT2D eigenvalue weighted by molar-refractivity contribution is 0.0698. The summed E-state index contributed by atoms with van der Waals surface area (Å²) in [6, 6.07) is 13.4. The Balaban J connectivity index is 1.72. The predicted octanol–water partition coefficient (Wildman–Crippen LogP) is 4.28. The first-order valence-corrected chi connectivity index (χ1v) is 7.76. The SMILES string of the molecule is O=C(O)c1cc(Br)ccc1NCCc1c[nH]c2ccccc12. The van der Waals surface area contributed by atoms with Crippen molar-refractivity contribution in [2.45, 2.75) is 6.42 Å². The zero-order valence-electron chi connectivity index (χ0n) is 11.8. The summed E-state index contributed by atoms with van der Waals surface area (Å²) in [7, 11) is 0. The first-order chi connectivity index (χ1) is 10.6. The molecule has 1 heterocycles. The molecule has 0 unspecified atom stereocenters. The molecular weight excluding hydrogens is 344 g/mol. The summed E-state index contributed by atoms with van der Waals surface area (Å²) < 4.78 is 0.757. The van der Waals surface area contributed by atoms with Crippen molar-refractivity contribution >= 4 is 38.5 Å². The lowest BCUT2D eigenvalue weighted by Crippen LogP contribution is -2.09. The zero-order chi connectivity index (χ0) is 15.5.